The largest absolute Gasteiger partial charge is 0.372 e. The fourth-order valence-corrected chi connectivity index (χ4v) is 2.38. The first-order valence-electron chi connectivity index (χ1n) is 6.47. The summed E-state index contributed by atoms with van der Waals surface area (Å²) in [5.41, 5.74) is 0. The lowest BCUT2D eigenvalue weighted by atomic mass is 10.1. The molecule has 1 amide bonds. The highest BCUT2D eigenvalue weighted by Gasteiger charge is 2.32. The summed E-state index contributed by atoms with van der Waals surface area (Å²) in [5, 5.41) is 3.19. The second-order valence-corrected chi connectivity index (χ2v) is 4.78. The van der Waals surface area contributed by atoms with Crippen LogP contribution in [-0.2, 0) is 14.3 Å². The molecule has 3 atom stereocenters. The van der Waals surface area contributed by atoms with Crippen LogP contribution in [-0.4, -0.2) is 61.9 Å². The average Bonchev–Trinajstić information content (AvgIpc) is 2.38. The van der Waals surface area contributed by atoms with Crippen molar-refractivity contribution >= 4 is 5.91 Å². The van der Waals surface area contributed by atoms with E-state index in [0.29, 0.717) is 26.2 Å². The molecule has 1 N–H and O–H groups in total. The minimum absolute atomic E-state index is 0.103. The molecule has 2 rings (SSSR count). The van der Waals surface area contributed by atoms with Crippen molar-refractivity contribution in [2.75, 3.05) is 32.8 Å². The first-order valence-corrected chi connectivity index (χ1v) is 6.47. The minimum Gasteiger partial charge on any atom is -0.372 e. The van der Waals surface area contributed by atoms with Crippen LogP contribution in [0.25, 0.3) is 0 Å². The second-order valence-electron chi connectivity index (χ2n) is 4.78. The van der Waals surface area contributed by atoms with Crippen LogP contribution in [0, 0.1) is 0 Å². The Morgan fingerprint density at radius 3 is 2.94 bits per heavy atom. The molecule has 0 aromatic rings. The number of carbonyl (C=O) groups excluding carboxylic acids is 1. The molecule has 0 radical (unpaired) electrons. The SMILES string of the molecule is CC[C@@H]1CN(C(=O)[C@@H]2CNCCO2)C[C@@H](C)O1. The number of nitrogens with one attached hydrogen (secondary N) is 1. The van der Waals surface area contributed by atoms with Gasteiger partial charge in [0.15, 0.2) is 0 Å². The first kappa shape index (κ1) is 12.8. The van der Waals surface area contributed by atoms with Crippen LogP contribution in [0.15, 0.2) is 0 Å². The number of morpholine rings is 2. The van der Waals surface area contributed by atoms with Gasteiger partial charge in [0.25, 0.3) is 5.91 Å². The van der Waals surface area contributed by atoms with E-state index in [1.54, 1.807) is 0 Å². The molecule has 17 heavy (non-hydrogen) atoms. The fourth-order valence-electron chi connectivity index (χ4n) is 2.38. The smallest absolute Gasteiger partial charge is 0.253 e. The van der Waals surface area contributed by atoms with Gasteiger partial charge in [-0.25, -0.2) is 0 Å². The van der Waals surface area contributed by atoms with Crippen molar-refractivity contribution in [3.8, 4) is 0 Å². The number of hydrogen-bond donors (Lipinski definition) is 1. The van der Waals surface area contributed by atoms with Crippen LogP contribution in [0.4, 0.5) is 0 Å². The molecular formula is C12H22N2O3. The molecule has 5 nitrogen and oxygen atoms in total. The Hall–Kier alpha value is -0.650. The van der Waals surface area contributed by atoms with Gasteiger partial charge in [-0.1, -0.05) is 6.92 Å². The highest BCUT2D eigenvalue weighted by molar-refractivity contribution is 5.81. The molecule has 2 aliphatic heterocycles. The molecule has 0 aromatic carbocycles. The maximum atomic E-state index is 12.3. The van der Waals surface area contributed by atoms with Crippen molar-refractivity contribution < 1.29 is 14.3 Å². The summed E-state index contributed by atoms with van der Waals surface area (Å²) < 4.78 is 11.3. The van der Waals surface area contributed by atoms with Crippen LogP contribution < -0.4 is 5.32 Å². The van der Waals surface area contributed by atoms with E-state index in [0.717, 1.165) is 13.0 Å². The van der Waals surface area contributed by atoms with E-state index in [4.69, 9.17) is 9.47 Å². The van der Waals surface area contributed by atoms with Crippen molar-refractivity contribution in [2.24, 2.45) is 0 Å². The second kappa shape index (κ2) is 5.80. The third-order valence-corrected chi connectivity index (χ3v) is 3.30. The summed E-state index contributed by atoms with van der Waals surface area (Å²) in [4.78, 5) is 14.2. The summed E-state index contributed by atoms with van der Waals surface area (Å²) >= 11 is 0. The molecule has 0 saturated carbocycles. The molecule has 98 valence electrons. The van der Waals surface area contributed by atoms with Gasteiger partial charge in [-0.15, -0.1) is 0 Å². The number of amides is 1. The summed E-state index contributed by atoms with van der Waals surface area (Å²) in [6.45, 7) is 7.55. The maximum Gasteiger partial charge on any atom is 0.253 e. The summed E-state index contributed by atoms with van der Waals surface area (Å²) in [7, 11) is 0. The molecule has 5 heteroatoms. The molecule has 2 fully saturated rings. The van der Waals surface area contributed by atoms with E-state index in [1.807, 2.05) is 11.8 Å². The molecule has 2 aliphatic rings. The van der Waals surface area contributed by atoms with Gasteiger partial charge in [-0.3, -0.25) is 4.79 Å². The van der Waals surface area contributed by atoms with Crippen LogP contribution in [0.5, 0.6) is 0 Å². The van der Waals surface area contributed by atoms with Gasteiger partial charge in [0.05, 0.1) is 18.8 Å². The number of ether oxygens (including phenoxy) is 2. The third kappa shape index (κ3) is 3.18. The van der Waals surface area contributed by atoms with Gasteiger partial charge in [-0.2, -0.15) is 0 Å². The molecule has 0 unspecified atom stereocenters. The summed E-state index contributed by atoms with van der Waals surface area (Å²) in [6.07, 6.45) is 0.915. The van der Waals surface area contributed by atoms with E-state index in [1.165, 1.54) is 0 Å². The Kier molecular flexibility index (Phi) is 4.36. The number of nitrogens with zero attached hydrogens (tertiary/aromatic N) is 1. The van der Waals surface area contributed by atoms with Gasteiger partial charge in [-0.05, 0) is 13.3 Å². The maximum absolute atomic E-state index is 12.3. The van der Waals surface area contributed by atoms with Crippen LogP contribution in [0.1, 0.15) is 20.3 Å². The Labute approximate surface area is 102 Å². The zero-order valence-electron chi connectivity index (χ0n) is 10.6. The Morgan fingerprint density at radius 2 is 2.29 bits per heavy atom. The quantitative estimate of drug-likeness (QED) is 0.740. The van der Waals surface area contributed by atoms with E-state index in [9.17, 15) is 4.79 Å². The topological polar surface area (TPSA) is 50.8 Å². The minimum atomic E-state index is -0.313. The lowest BCUT2D eigenvalue weighted by molar-refractivity contribution is -0.157. The van der Waals surface area contributed by atoms with E-state index < -0.39 is 0 Å². The van der Waals surface area contributed by atoms with E-state index in [-0.39, 0.29) is 24.2 Å². The van der Waals surface area contributed by atoms with Crippen LogP contribution in [0.2, 0.25) is 0 Å². The zero-order chi connectivity index (χ0) is 12.3. The van der Waals surface area contributed by atoms with Crippen molar-refractivity contribution in [1.29, 1.82) is 0 Å². The standard InChI is InChI=1S/C12H22N2O3/c1-3-10-8-14(7-9(2)17-10)12(15)11-6-13-4-5-16-11/h9-11,13H,3-8H2,1-2H3/t9-,10-,11+/m1/s1. The lowest BCUT2D eigenvalue weighted by Gasteiger charge is -2.38. The summed E-state index contributed by atoms with van der Waals surface area (Å²) in [5.74, 6) is 0.103. The fraction of sp³-hybridized carbons (Fsp3) is 0.917. The number of carbonyl (C=O) groups is 1. The first-order chi connectivity index (χ1) is 8.20. The molecule has 2 heterocycles. The third-order valence-electron chi connectivity index (χ3n) is 3.30. The van der Waals surface area contributed by atoms with Crippen molar-refractivity contribution in [2.45, 2.75) is 38.6 Å². The predicted octanol–water partition coefficient (Wildman–Crippen LogP) is 0.000700. The predicted molar refractivity (Wildman–Crippen MR) is 63.8 cm³/mol. The zero-order valence-corrected chi connectivity index (χ0v) is 10.6. The van der Waals surface area contributed by atoms with Crippen molar-refractivity contribution in [3.63, 3.8) is 0 Å². The molecule has 2 saturated heterocycles. The highest BCUT2D eigenvalue weighted by atomic mass is 16.5. The van der Waals surface area contributed by atoms with Gasteiger partial charge in [0, 0.05) is 26.2 Å². The molecule has 0 spiro atoms. The van der Waals surface area contributed by atoms with Crippen LogP contribution >= 0.6 is 0 Å². The molecule has 0 aromatic heterocycles. The Balaban J connectivity index is 1.93. The monoisotopic (exact) mass is 242 g/mol. The van der Waals surface area contributed by atoms with Crippen molar-refractivity contribution in [3.05, 3.63) is 0 Å². The Morgan fingerprint density at radius 1 is 1.47 bits per heavy atom. The van der Waals surface area contributed by atoms with Gasteiger partial charge in [0.1, 0.15) is 6.10 Å². The Bertz CT molecular complexity index is 266. The van der Waals surface area contributed by atoms with Gasteiger partial charge < -0.3 is 19.7 Å². The number of rotatable bonds is 2. The molecule has 0 aliphatic carbocycles. The normalized spacial score (nSPS) is 34.7. The van der Waals surface area contributed by atoms with Crippen molar-refractivity contribution in [1.82, 2.24) is 10.2 Å². The summed E-state index contributed by atoms with van der Waals surface area (Å²) in [6, 6.07) is 0. The number of hydrogen-bond acceptors (Lipinski definition) is 4. The lowest BCUT2D eigenvalue weighted by Crippen LogP contribution is -2.55. The van der Waals surface area contributed by atoms with Gasteiger partial charge in [0.2, 0.25) is 0 Å². The van der Waals surface area contributed by atoms with E-state index >= 15 is 0 Å². The molecule has 0 bridgehead atoms. The highest BCUT2D eigenvalue weighted by Crippen LogP contribution is 2.15. The average molecular weight is 242 g/mol. The van der Waals surface area contributed by atoms with Gasteiger partial charge >= 0.3 is 0 Å². The molecular weight excluding hydrogens is 220 g/mol. The van der Waals surface area contributed by atoms with Crippen LogP contribution in [0.3, 0.4) is 0 Å². The van der Waals surface area contributed by atoms with E-state index in [2.05, 4.69) is 12.2 Å².